The summed E-state index contributed by atoms with van der Waals surface area (Å²) in [6.07, 6.45) is -9.39. The summed E-state index contributed by atoms with van der Waals surface area (Å²) in [6, 6.07) is 11.7. The van der Waals surface area contributed by atoms with Crippen molar-refractivity contribution < 1.29 is 49.0 Å². The van der Waals surface area contributed by atoms with Gasteiger partial charge in [0.2, 0.25) is 0 Å². The van der Waals surface area contributed by atoms with Crippen LogP contribution in [0.2, 0.25) is 5.02 Å². The van der Waals surface area contributed by atoms with Crippen molar-refractivity contribution in [1.29, 1.82) is 0 Å². The molecule has 16 heteroatoms. The lowest BCUT2D eigenvalue weighted by Gasteiger charge is -2.53. The zero-order chi connectivity index (χ0) is 33.2. The van der Waals surface area contributed by atoms with Crippen LogP contribution in [-0.2, 0) is 31.9 Å². The third-order valence-electron chi connectivity index (χ3n) is 8.34. The zero-order valence-electron chi connectivity index (χ0n) is 24.0. The summed E-state index contributed by atoms with van der Waals surface area (Å²) in [5, 5.41) is -0.0105. The quantitative estimate of drug-likeness (QED) is 0.239. The fourth-order valence-corrected chi connectivity index (χ4v) is 8.05. The van der Waals surface area contributed by atoms with Gasteiger partial charge in [-0.2, -0.15) is 26.3 Å². The van der Waals surface area contributed by atoms with Crippen molar-refractivity contribution in [2.75, 3.05) is 55.6 Å². The van der Waals surface area contributed by atoms with E-state index in [2.05, 4.69) is 0 Å². The summed E-state index contributed by atoms with van der Waals surface area (Å²) in [4.78, 5) is 14.6. The first kappa shape index (κ1) is 32.3. The summed E-state index contributed by atoms with van der Waals surface area (Å²) < 4.78 is 122. The number of hydrogen-bond donors (Lipinski definition) is 0. The average Bonchev–Trinajstić information content (AvgIpc) is 2.95. The number of halogens is 7. The Hall–Kier alpha value is -3.69. The summed E-state index contributed by atoms with van der Waals surface area (Å²) in [7, 11) is -3.35. The highest BCUT2D eigenvalue weighted by atomic mass is 35.5. The Balaban J connectivity index is 1.33. The molecular formula is C30H26ClF6N3O5S. The van der Waals surface area contributed by atoms with E-state index >= 15 is 0 Å². The number of anilines is 2. The minimum absolute atomic E-state index is 0.0105. The molecule has 0 unspecified atom stereocenters. The maximum absolute atomic E-state index is 14.0. The topological polar surface area (TPSA) is 79.4 Å². The first-order chi connectivity index (χ1) is 21.5. The first-order valence-corrected chi connectivity index (χ1v) is 15.8. The van der Waals surface area contributed by atoms with Gasteiger partial charge in [0.15, 0.2) is 5.60 Å². The largest absolute Gasteiger partial charge is 0.480 e. The number of carbonyl (C=O) groups excluding carboxylic acids is 1. The van der Waals surface area contributed by atoms with Crippen LogP contribution in [0.25, 0.3) is 0 Å². The molecule has 3 aromatic rings. The highest BCUT2D eigenvalue weighted by Gasteiger charge is 2.53. The third-order valence-corrected chi connectivity index (χ3v) is 10.4. The maximum Gasteiger partial charge on any atom is 0.416 e. The van der Waals surface area contributed by atoms with Crippen LogP contribution in [0.1, 0.15) is 22.6 Å². The normalized spacial score (nSPS) is 18.4. The molecule has 2 saturated heterocycles. The molecule has 1 spiro atoms. The molecule has 46 heavy (non-hydrogen) atoms. The van der Waals surface area contributed by atoms with Crippen molar-refractivity contribution in [2.45, 2.75) is 28.8 Å². The molecule has 0 atom stereocenters. The van der Waals surface area contributed by atoms with Crippen LogP contribution in [0.15, 0.2) is 65.6 Å². The van der Waals surface area contributed by atoms with E-state index in [1.807, 2.05) is 0 Å². The molecule has 8 nitrogen and oxygen atoms in total. The lowest BCUT2D eigenvalue weighted by atomic mass is 9.87. The lowest BCUT2D eigenvalue weighted by Crippen LogP contribution is -2.71. The van der Waals surface area contributed by atoms with Crippen LogP contribution in [0.3, 0.4) is 0 Å². The van der Waals surface area contributed by atoms with Crippen molar-refractivity contribution in [2.24, 2.45) is 0 Å². The molecule has 3 heterocycles. The second kappa shape index (κ2) is 11.2. The van der Waals surface area contributed by atoms with Crippen LogP contribution in [0.4, 0.5) is 37.7 Å². The van der Waals surface area contributed by atoms with Crippen LogP contribution in [0.5, 0.6) is 5.75 Å². The van der Waals surface area contributed by atoms with Crippen molar-refractivity contribution >= 4 is 39.0 Å². The van der Waals surface area contributed by atoms with Gasteiger partial charge in [-0.3, -0.25) is 14.0 Å². The monoisotopic (exact) mass is 689 g/mol. The minimum Gasteiger partial charge on any atom is -0.480 e. The summed E-state index contributed by atoms with van der Waals surface area (Å²) in [5.74, 6) is -0.913. The number of ether oxygens (including phenoxy) is 2. The van der Waals surface area contributed by atoms with Gasteiger partial charge in [0, 0.05) is 42.8 Å². The van der Waals surface area contributed by atoms with Gasteiger partial charge in [-0.05, 0) is 54.1 Å². The van der Waals surface area contributed by atoms with Crippen molar-refractivity contribution in [3.05, 3.63) is 82.4 Å². The summed E-state index contributed by atoms with van der Waals surface area (Å²) in [6.45, 7) is 0.261. The predicted octanol–water partition coefficient (Wildman–Crippen LogP) is 5.80. The molecule has 3 aliphatic heterocycles. The van der Waals surface area contributed by atoms with E-state index in [0.717, 1.165) is 28.6 Å². The molecule has 6 rings (SSSR count). The number of fused-ring (bicyclic) bond motifs is 1. The SMILES string of the molecule is COC(=O)CN1CC2(C1)CN(S(=O)(=O)c1cccc(C(F)(F)F)c1)c1cc(N3CC(c4c(Cl)cccc4C(F)(F)F)C3)ccc1O2. The van der Waals surface area contributed by atoms with E-state index in [-0.39, 0.29) is 61.3 Å². The van der Waals surface area contributed by atoms with Gasteiger partial charge in [-0.15, -0.1) is 0 Å². The Labute approximate surface area is 265 Å². The van der Waals surface area contributed by atoms with E-state index < -0.39 is 55.9 Å². The molecule has 2 fully saturated rings. The van der Waals surface area contributed by atoms with Crippen molar-refractivity contribution in [1.82, 2.24) is 4.90 Å². The molecule has 0 N–H and O–H groups in total. The molecule has 0 aliphatic carbocycles. The molecule has 0 amide bonds. The van der Waals surface area contributed by atoms with Gasteiger partial charge in [0.1, 0.15) is 5.75 Å². The number of rotatable bonds is 6. The smallest absolute Gasteiger partial charge is 0.416 e. The van der Waals surface area contributed by atoms with Gasteiger partial charge < -0.3 is 14.4 Å². The van der Waals surface area contributed by atoms with E-state index in [9.17, 15) is 39.6 Å². The van der Waals surface area contributed by atoms with E-state index in [4.69, 9.17) is 21.1 Å². The lowest BCUT2D eigenvalue weighted by molar-refractivity contribution is -0.148. The maximum atomic E-state index is 14.0. The van der Waals surface area contributed by atoms with Gasteiger partial charge in [0.25, 0.3) is 10.0 Å². The number of sulfonamides is 1. The zero-order valence-corrected chi connectivity index (χ0v) is 25.6. The van der Waals surface area contributed by atoms with Crippen LogP contribution in [0, 0.1) is 0 Å². The Kier molecular flexibility index (Phi) is 7.88. The average molecular weight is 690 g/mol. The number of likely N-dealkylation sites (tertiary alicyclic amines) is 1. The second-order valence-electron chi connectivity index (χ2n) is 11.5. The number of methoxy groups -OCH3 is 1. The number of carbonyl (C=O) groups is 1. The molecular weight excluding hydrogens is 664 g/mol. The second-order valence-corrected chi connectivity index (χ2v) is 13.8. The highest BCUT2D eigenvalue weighted by Crippen LogP contribution is 2.47. The Morgan fingerprint density at radius 3 is 2.33 bits per heavy atom. The first-order valence-electron chi connectivity index (χ1n) is 13.9. The van der Waals surface area contributed by atoms with Crippen LogP contribution >= 0.6 is 11.6 Å². The number of benzene rings is 3. The fraction of sp³-hybridized carbons (Fsp3) is 0.367. The molecule has 3 aliphatic rings. The standard InChI is InChI=1S/C30H26ClF6N3O5S/c1-44-26(41)14-38-15-28(16-38)17-40(46(42,43)21-5-2-4-19(10-21)29(32,33)34)24-11-20(8-9-25(24)45-28)39-12-18(13-39)27-22(30(35,36)37)6-3-7-23(27)31/h2-11,18H,12-17H2,1H3. The van der Waals surface area contributed by atoms with Gasteiger partial charge in [-0.1, -0.05) is 23.7 Å². The summed E-state index contributed by atoms with van der Waals surface area (Å²) >= 11 is 6.18. The Morgan fingerprint density at radius 1 is 0.978 bits per heavy atom. The third kappa shape index (κ3) is 5.84. The minimum atomic E-state index is -4.78. The van der Waals surface area contributed by atoms with Crippen molar-refractivity contribution in [3.63, 3.8) is 0 Å². The van der Waals surface area contributed by atoms with E-state index in [1.165, 1.54) is 31.4 Å². The number of esters is 1. The number of alkyl halides is 6. The van der Waals surface area contributed by atoms with Crippen LogP contribution < -0.4 is 13.9 Å². The number of hydrogen-bond acceptors (Lipinski definition) is 7. The Morgan fingerprint density at radius 2 is 1.67 bits per heavy atom. The molecule has 0 bridgehead atoms. The van der Waals surface area contributed by atoms with Crippen LogP contribution in [-0.4, -0.2) is 71.3 Å². The molecule has 0 radical (unpaired) electrons. The molecule has 0 saturated carbocycles. The van der Waals surface area contributed by atoms with Gasteiger partial charge >= 0.3 is 18.3 Å². The number of nitrogens with zero attached hydrogens (tertiary/aromatic N) is 3. The molecule has 0 aromatic heterocycles. The fourth-order valence-electron chi connectivity index (χ4n) is 6.13. The van der Waals surface area contributed by atoms with Gasteiger partial charge in [0.05, 0.1) is 41.9 Å². The predicted molar refractivity (Wildman–Crippen MR) is 156 cm³/mol. The highest BCUT2D eigenvalue weighted by molar-refractivity contribution is 7.92. The van der Waals surface area contributed by atoms with Crippen molar-refractivity contribution in [3.8, 4) is 5.75 Å². The Bertz CT molecular complexity index is 1790. The van der Waals surface area contributed by atoms with E-state index in [0.29, 0.717) is 11.8 Å². The van der Waals surface area contributed by atoms with E-state index in [1.54, 1.807) is 15.9 Å². The summed E-state index contributed by atoms with van der Waals surface area (Å²) in [5.41, 5.74) is -2.55. The molecule has 3 aromatic carbocycles. The van der Waals surface area contributed by atoms with Gasteiger partial charge in [-0.25, -0.2) is 8.42 Å². The molecule has 246 valence electrons.